The van der Waals surface area contributed by atoms with E-state index in [1.807, 2.05) is 19.0 Å². The van der Waals surface area contributed by atoms with Crippen molar-refractivity contribution in [3.63, 3.8) is 0 Å². The lowest BCUT2D eigenvalue weighted by molar-refractivity contribution is 0.401. The molecule has 0 unspecified atom stereocenters. The first kappa shape index (κ1) is 16.1. The summed E-state index contributed by atoms with van der Waals surface area (Å²) in [4.78, 5) is 1.65. The molecule has 1 N–H and O–H groups in total. The second-order valence-corrected chi connectivity index (χ2v) is 6.49. The van der Waals surface area contributed by atoms with Gasteiger partial charge in [-0.05, 0) is 42.5 Å². The van der Waals surface area contributed by atoms with Crippen molar-refractivity contribution in [3.8, 4) is 5.75 Å². The van der Waals surface area contributed by atoms with E-state index in [9.17, 15) is 12.8 Å². The highest BCUT2D eigenvalue weighted by Gasteiger charge is 2.20. The Balaban J connectivity index is 2.33. The number of methoxy groups -OCH3 is 1. The van der Waals surface area contributed by atoms with Crippen LogP contribution >= 0.6 is 0 Å². The molecule has 0 aliphatic rings. The molecule has 0 amide bonds. The Hall–Kier alpha value is -2.28. The van der Waals surface area contributed by atoms with Gasteiger partial charge in [-0.25, -0.2) is 12.8 Å². The summed E-state index contributed by atoms with van der Waals surface area (Å²) in [6.07, 6.45) is 0. The van der Waals surface area contributed by atoms with Gasteiger partial charge in [0, 0.05) is 25.5 Å². The maximum absolute atomic E-state index is 13.3. The number of hydrogen-bond donors (Lipinski definition) is 1. The molecule has 2 rings (SSSR count). The Kier molecular flexibility index (Phi) is 4.56. The Labute approximate surface area is 129 Å². The SMILES string of the molecule is COc1ccc(F)cc1S(=O)(=O)Nc1ccc(N(C)C)cc1. The zero-order valence-electron chi connectivity index (χ0n) is 12.5. The number of halogens is 1. The van der Waals surface area contributed by atoms with Gasteiger partial charge in [-0.3, -0.25) is 4.72 Å². The smallest absolute Gasteiger partial charge is 0.265 e. The molecule has 118 valence electrons. The maximum Gasteiger partial charge on any atom is 0.265 e. The molecule has 0 spiro atoms. The van der Waals surface area contributed by atoms with Crippen LogP contribution in [0.15, 0.2) is 47.4 Å². The van der Waals surface area contributed by atoms with Crippen molar-refractivity contribution < 1.29 is 17.5 Å². The molecule has 22 heavy (non-hydrogen) atoms. The average Bonchev–Trinajstić information content (AvgIpc) is 2.47. The molecule has 0 bridgehead atoms. The zero-order chi connectivity index (χ0) is 16.3. The van der Waals surface area contributed by atoms with E-state index in [2.05, 4.69) is 4.72 Å². The summed E-state index contributed by atoms with van der Waals surface area (Å²) in [5.41, 5.74) is 1.32. The Morgan fingerprint density at radius 2 is 1.73 bits per heavy atom. The van der Waals surface area contributed by atoms with Crippen LogP contribution in [-0.2, 0) is 10.0 Å². The van der Waals surface area contributed by atoms with Gasteiger partial charge < -0.3 is 9.64 Å². The number of sulfonamides is 1. The van der Waals surface area contributed by atoms with Gasteiger partial charge in [-0.2, -0.15) is 0 Å². The molecule has 0 saturated carbocycles. The van der Waals surface area contributed by atoms with Gasteiger partial charge in [0.1, 0.15) is 16.5 Å². The third kappa shape index (κ3) is 3.48. The van der Waals surface area contributed by atoms with Crippen LogP contribution in [0, 0.1) is 5.82 Å². The molecule has 0 aromatic heterocycles. The highest BCUT2D eigenvalue weighted by atomic mass is 32.2. The van der Waals surface area contributed by atoms with Crippen LogP contribution in [-0.4, -0.2) is 29.6 Å². The fraction of sp³-hybridized carbons (Fsp3) is 0.200. The second-order valence-electron chi connectivity index (χ2n) is 4.84. The third-order valence-electron chi connectivity index (χ3n) is 3.05. The van der Waals surface area contributed by atoms with Crippen molar-refractivity contribution in [2.75, 3.05) is 30.8 Å². The van der Waals surface area contributed by atoms with Crippen LogP contribution in [0.25, 0.3) is 0 Å². The topological polar surface area (TPSA) is 58.6 Å². The molecule has 0 fully saturated rings. The Morgan fingerprint density at radius 1 is 1.09 bits per heavy atom. The van der Waals surface area contributed by atoms with Gasteiger partial charge in [0.05, 0.1) is 7.11 Å². The van der Waals surface area contributed by atoms with Crippen LogP contribution in [0.4, 0.5) is 15.8 Å². The van der Waals surface area contributed by atoms with Crippen molar-refractivity contribution in [1.82, 2.24) is 0 Å². The van der Waals surface area contributed by atoms with E-state index in [0.29, 0.717) is 5.69 Å². The molecule has 0 heterocycles. The van der Waals surface area contributed by atoms with E-state index in [4.69, 9.17) is 4.74 Å². The highest BCUT2D eigenvalue weighted by Crippen LogP contribution is 2.27. The first-order valence-corrected chi connectivity index (χ1v) is 7.95. The summed E-state index contributed by atoms with van der Waals surface area (Å²) in [5.74, 6) is -0.567. The molecule has 2 aromatic rings. The standard InChI is InChI=1S/C15H17FN2O3S/c1-18(2)13-7-5-12(6-8-13)17-22(19,20)15-10-11(16)4-9-14(15)21-3/h4-10,17H,1-3H3. The van der Waals surface area contributed by atoms with Crippen LogP contribution < -0.4 is 14.4 Å². The third-order valence-corrected chi connectivity index (χ3v) is 4.45. The number of rotatable bonds is 5. The predicted octanol–water partition coefficient (Wildman–Crippen LogP) is 2.70. The molecule has 7 heteroatoms. The quantitative estimate of drug-likeness (QED) is 0.919. The highest BCUT2D eigenvalue weighted by molar-refractivity contribution is 7.92. The Bertz CT molecular complexity index is 759. The lowest BCUT2D eigenvalue weighted by Crippen LogP contribution is -2.14. The summed E-state index contributed by atoms with van der Waals surface area (Å²) < 4.78 is 45.5. The lowest BCUT2D eigenvalue weighted by atomic mass is 10.3. The first-order valence-electron chi connectivity index (χ1n) is 6.47. The molecule has 5 nitrogen and oxygen atoms in total. The summed E-state index contributed by atoms with van der Waals surface area (Å²) >= 11 is 0. The second kappa shape index (κ2) is 6.23. The van der Waals surface area contributed by atoms with Gasteiger partial charge in [0.2, 0.25) is 0 Å². The molecule has 0 aliphatic heterocycles. The number of nitrogens with one attached hydrogen (secondary N) is 1. The number of anilines is 2. The first-order chi connectivity index (χ1) is 10.3. The van der Waals surface area contributed by atoms with Crippen molar-refractivity contribution in [2.45, 2.75) is 4.90 Å². The van der Waals surface area contributed by atoms with Crippen LogP contribution in [0.5, 0.6) is 5.75 Å². The summed E-state index contributed by atoms with van der Waals surface area (Å²) in [5, 5.41) is 0. The normalized spacial score (nSPS) is 11.1. The van der Waals surface area contributed by atoms with E-state index in [0.717, 1.165) is 17.8 Å². The molecule has 0 aliphatic carbocycles. The summed E-state index contributed by atoms with van der Waals surface area (Å²) in [7, 11) is 1.16. The van der Waals surface area contributed by atoms with E-state index < -0.39 is 15.8 Å². The van der Waals surface area contributed by atoms with Crippen molar-refractivity contribution >= 4 is 21.4 Å². The number of nitrogens with zero attached hydrogens (tertiary/aromatic N) is 1. The fourth-order valence-corrected chi connectivity index (χ4v) is 3.14. The minimum Gasteiger partial charge on any atom is -0.495 e. The van der Waals surface area contributed by atoms with Crippen LogP contribution in [0.1, 0.15) is 0 Å². The van der Waals surface area contributed by atoms with Crippen molar-refractivity contribution in [3.05, 3.63) is 48.3 Å². The van der Waals surface area contributed by atoms with Gasteiger partial charge in [0.15, 0.2) is 0 Å². The van der Waals surface area contributed by atoms with Gasteiger partial charge >= 0.3 is 0 Å². The monoisotopic (exact) mass is 324 g/mol. The van der Waals surface area contributed by atoms with Gasteiger partial charge in [0.25, 0.3) is 10.0 Å². The number of ether oxygens (including phenoxy) is 1. The summed E-state index contributed by atoms with van der Waals surface area (Å²) in [6, 6.07) is 10.2. The molecule has 2 aromatic carbocycles. The molecular formula is C15H17FN2O3S. The van der Waals surface area contributed by atoms with Crippen LogP contribution in [0.3, 0.4) is 0 Å². The molecular weight excluding hydrogens is 307 g/mol. The minimum absolute atomic E-state index is 0.0822. The number of hydrogen-bond acceptors (Lipinski definition) is 4. The Morgan fingerprint density at radius 3 is 2.27 bits per heavy atom. The minimum atomic E-state index is -3.94. The van der Waals surface area contributed by atoms with Crippen LogP contribution in [0.2, 0.25) is 0 Å². The number of benzene rings is 2. The molecule has 0 radical (unpaired) electrons. The van der Waals surface area contributed by atoms with E-state index >= 15 is 0 Å². The molecule has 0 saturated heterocycles. The van der Waals surface area contributed by atoms with E-state index in [1.54, 1.807) is 24.3 Å². The predicted molar refractivity (Wildman–Crippen MR) is 84.5 cm³/mol. The van der Waals surface area contributed by atoms with Gasteiger partial charge in [-0.1, -0.05) is 0 Å². The van der Waals surface area contributed by atoms with Crippen molar-refractivity contribution in [1.29, 1.82) is 0 Å². The van der Waals surface area contributed by atoms with E-state index in [-0.39, 0.29) is 10.6 Å². The average molecular weight is 324 g/mol. The molecule has 0 atom stereocenters. The van der Waals surface area contributed by atoms with E-state index in [1.165, 1.54) is 13.2 Å². The van der Waals surface area contributed by atoms with Crippen molar-refractivity contribution in [2.24, 2.45) is 0 Å². The van der Waals surface area contributed by atoms with Gasteiger partial charge in [-0.15, -0.1) is 0 Å². The zero-order valence-corrected chi connectivity index (χ0v) is 13.3. The fourth-order valence-electron chi connectivity index (χ4n) is 1.90. The summed E-state index contributed by atoms with van der Waals surface area (Å²) in [6.45, 7) is 0. The maximum atomic E-state index is 13.3. The largest absolute Gasteiger partial charge is 0.495 e. The lowest BCUT2D eigenvalue weighted by Gasteiger charge is -2.14.